The molecule has 0 radical (unpaired) electrons. The number of aromatic nitrogens is 1. The van der Waals surface area contributed by atoms with Gasteiger partial charge in [-0.1, -0.05) is 24.3 Å². The van der Waals surface area contributed by atoms with Crippen LogP contribution < -0.4 is 10.1 Å². The molecule has 168 valence electrons. The van der Waals surface area contributed by atoms with Crippen molar-refractivity contribution in [1.29, 1.82) is 0 Å². The van der Waals surface area contributed by atoms with E-state index in [1.165, 1.54) is 6.07 Å². The minimum atomic E-state index is -0.352. The highest BCUT2D eigenvalue weighted by Crippen LogP contribution is 2.32. The second-order valence-electron chi connectivity index (χ2n) is 7.76. The molecule has 1 fully saturated rings. The number of carbonyl (C=O) groups excluding carboxylic acids is 1. The van der Waals surface area contributed by atoms with Crippen LogP contribution in [0.5, 0.6) is 5.75 Å². The number of ether oxygens (including phenoxy) is 2. The van der Waals surface area contributed by atoms with E-state index < -0.39 is 0 Å². The number of carbonyl (C=O) groups is 1. The number of hydrogen-bond donors (Lipinski definition) is 1. The molecule has 1 aromatic heterocycles. The quantitative estimate of drug-likeness (QED) is 0.613. The lowest BCUT2D eigenvalue weighted by molar-refractivity contribution is 0.0383. The van der Waals surface area contributed by atoms with Gasteiger partial charge < -0.3 is 19.4 Å². The zero-order chi connectivity index (χ0) is 22.5. The second kappa shape index (κ2) is 9.97. The number of nitrogens with one attached hydrogen (secondary N) is 1. The van der Waals surface area contributed by atoms with Crippen molar-refractivity contribution < 1.29 is 18.7 Å². The topological polar surface area (TPSA) is 55.7 Å². The molecule has 1 aliphatic rings. The van der Waals surface area contributed by atoms with Crippen molar-refractivity contribution in [1.82, 2.24) is 14.8 Å². The summed E-state index contributed by atoms with van der Waals surface area (Å²) in [7, 11) is 1.60. The van der Waals surface area contributed by atoms with Crippen LogP contribution in [-0.2, 0) is 4.74 Å². The van der Waals surface area contributed by atoms with Crippen LogP contribution in [0.3, 0.4) is 0 Å². The van der Waals surface area contributed by atoms with E-state index in [4.69, 9.17) is 9.47 Å². The summed E-state index contributed by atoms with van der Waals surface area (Å²) in [6, 6.07) is 15.9. The van der Waals surface area contributed by atoms with Crippen LogP contribution in [0.4, 0.5) is 4.39 Å². The monoisotopic (exact) mass is 437 g/mol. The Kier molecular flexibility index (Phi) is 6.87. The summed E-state index contributed by atoms with van der Waals surface area (Å²) in [4.78, 5) is 15.3. The Bertz CT molecular complexity index is 1090. The van der Waals surface area contributed by atoms with E-state index in [0.717, 1.165) is 44.1 Å². The number of amides is 1. The number of para-hydroxylation sites is 1. The predicted octanol–water partition coefficient (Wildman–Crippen LogP) is 3.66. The predicted molar refractivity (Wildman–Crippen MR) is 122 cm³/mol. The van der Waals surface area contributed by atoms with Crippen molar-refractivity contribution in [3.05, 3.63) is 71.7 Å². The van der Waals surface area contributed by atoms with Gasteiger partial charge in [0, 0.05) is 37.4 Å². The Morgan fingerprint density at radius 1 is 1.12 bits per heavy atom. The largest absolute Gasteiger partial charge is 0.497 e. The van der Waals surface area contributed by atoms with Crippen LogP contribution in [0.15, 0.2) is 54.6 Å². The smallest absolute Gasteiger partial charge is 0.253 e. The number of morpholine rings is 1. The molecule has 0 bridgehead atoms. The average Bonchev–Trinajstić information content (AvgIpc) is 3.17. The van der Waals surface area contributed by atoms with Gasteiger partial charge in [0.2, 0.25) is 0 Å². The number of hydrogen-bond acceptors (Lipinski definition) is 4. The maximum absolute atomic E-state index is 14.8. The van der Waals surface area contributed by atoms with Crippen LogP contribution in [0, 0.1) is 12.7 Å². The Hall–Kier alpha value is -3.16. The summed E-state index contributed by atoms with van der Waals surface area (Å²) in [6.07, 6.45) is 0. The van der Waals surface area contributed by atoms with Crippen molar-refractivity contribution in [2.45, 2.75) is 6.92 Å². The Balaban J connectivity index is 1.66. The molecule has 0 aliphatic carbocycles. The standard InChI is InChI=1S/C25H28FN3O3/c1-18-21(25(30)27-10-11-28-12-14-32-15-13-28)17-24(19-6-5-7-20(16-19)31-2)29(18)23-9-4-3-8-22(23)26/h3-9,16-17H,10-15H2,1-2H3,(H,27,30). The van der Waals surface area contributed by atoms with Crippen LogP contribution in [0.1, 0.15) is 16.1 Å². The molecular formula is C25H28FN3O3. The molecule has 6 nitrogen and oxygen atoms in total. The normalized spacial score (nSPS) is 14.3. The van der Waals surface area contributed by atoms with Crippen LogP contribution in [-0.4, -0.2) is 61.9 Å². The fourth-order valence-electron chi connectivity index (χ4n) is 4.02. The molecule has 1 amide bonds. The van der Waals surface area contributed by atoms with Crippen molar-refractivity contribution >= 4 is 5.91 Å². The SMILES string of the molecule is COc1cccc(-c2cc(C(=O)NCCN3CCOCC3)c(C)n2-c2ccccc2F)c1. The summed E-state index contributed by atoms with van der Waals surface area (Å²) in [5.41, 5.74) is 3.16. The molecule has 3 aromatic rings. The first-order valence-corrected chi connectivity index (χ1v) is 10.8. The highest BCUT2D eigenvalue weighted by Gasteiger charge is 2.21. The van der Waals surface area contributed by atoms with Gasteiger partial charge in [0.15, 0.2) is 0 Å². The minimum Gasteiger partial charge on any atom is -0.497 e. The lowest BCUT2D eigenvalue weighted by Crippen LogP contribution is -2.41. The number of nitrogens with zero attached hydrogens (tertiary/aromatic N) is 2. The molecule has 1 N–H and O–H groups in total. The number of methoxy groups -OCH3 is 1. The minimum absolute atomic E-state index is 0.171. The van der Waals surface area contributed by atoms with E-state index in [1.807, 2.05) is 37.3 Å². The Morgan fingerprint density at radius 3 is 2.66 bits per heavy atom. The van der Waals surface area contributed by atoms with E-state index in [2.05, 4.69) is 10.2 Å². The zero-order valence-corrected chi connectivity index (χ0v) is 18.4. The molecule has 2 heterocycles. The molecule has 4 rings (SSSR count). The number of halogens is 1. The summed E-state index contributed by atoms with van der Waals surface area (Å²) in [5, 5.41) is 3.01. The fourth-order valence-corrected chi connectivity index (χ4v) is 4.02. The number of benzene rings is 2. The van der Waals surface area contributed by atoms with Gasteiger partial charge in [-0.2, -0.15) is 0 Å². The molecule has 32 heavy (non-hydrogen) atoms. The summed E-state index contributed by atoms with van der Waals surface area (Å²) < 4.78 is 27.3. The van der Waals surface area contributed by atoms with E-state index in [-0.39, 0.29) is 11.7 Å². The first-order chi connectivity index (χ1) is 15.6. The molecule has 0 atom stereocenters. The van der Waals surface area contributed by atoms with E-state index in [0.29, 0.717) is 29.2 Å². The van der Waals surface area contributed by atoms with Gasteiger partial charge in [-0.25, -0.2) is 4.39 Å². The molecule has 1 aliphatic heterocycles. The molecule has 1 saturated heterocycles. The molecule has 0 spiro atoms. The van der Waals surface area contributed by atoms with Crippen molar-refractivity contribution in [2.75, 3.05) is 46.5 Å². The van der Waals surface area contributed by atoms with Crippen molar-refractivity contribution in [2.24, 2.45) is 0 Å². The van der Waals surface area contributed by atoms with E-state index in [1.54, 1.807) is 29.9 Å². The van der Waals surface area contributed by atoms with Gasteiger partial charge in [0.25, 0.3) is 5.91 Å². The molecule has 0 unspecified atom stereocenters. The first-order valence-electron chi connectivity index (χ1n) is 10.8. The zero-order valence-electron chi connectivity index (χ0n) is 18.4. The molecule has 2 aromatic carbocycles. The van der Waals surface area contributed by atoms with Gasteiger partial charge in [0.05, 0.1) is 37.3 Å². The van der Waals surface area contributed by atoms with Crippen LogP contribution in [0.25, 0.3) is 16.9 Å². The average molecular weight is 438 g/mol. The third kappa shape index (κ3) is 4.69. The maximum Gasteiger partial charge on any atom is 0.253 e. The van der Waals surface area contributed by atoms with Crippen molar-refractivity contribution in [3.63, 3.8) is 0 Å². The Morgan fingerprint density at radius 2 is 1.91 bits per heavy atom. The van der Waals surface area contributed by atoms with E-state index >= 15 is 0 Å². The highest BCUT2D eigenvalue weighted by molar-refractivity contribution is 5.97. The molecular weight excluding hydrogens is 409 g/mol. The summed E-state index contributed by atoms with van der Waals surface area (Å²) >= 11 is 0. The Labute approximate surface area is 187 Å². The third-order valence-electron chi connectivity index (χ3n) is 5.77. The lowest BCUT2D eigenvalue weighted by atomic mass is 10.1. The van der Waals surface area contributed by atoms with E-state index in [9.17, 15) is 9.18 Å². The van der Waals surface area contributed by atoms with Gasteiger partial charge in [-0.05, 0) is 37.3 Å². The summed E-state index contributed by atoms with van der Waals surface area (Å²) in [6.45, 7) is 6.34. The first kappa shape index (κ1) is 22.0. The number of rotatable bonds is 7. The van der Waals surface area contributed by atoms with Gasteiger partial charge >= 0.3 is 0 Å². The maximum atomic E-state index is 14.8. The van der Waals surface area contributed by atoms with Crippen molar-refractivity contribution in [3.8, 4) is 22.7 Å². The van der Waals surface area contributed by atoms with Crippen LogP contribution in [0.2, 0.25) is 0 Å². The van der Waals surface area contributed by atoms with Gasteiger partial charge in [0.1, 0.15) is 11.6 Å². The molecule has 0 saturated carbocycles. The van der Waals surface area contributed by atoms with Crippen LogP contribution >= 0.6 is 0 Å². The summed E-state index contributed by atoms with van der Waals surface area (Å²) in [5.74, 6) is 0.169. The highest BCUT2D eigenvalue weighted by atomic mass is 19.1. The fraction of sp³-hybridized carbons (Fsp3) is 0.320. The van der Waals surface area contributed by atoms with Gasteiger partial charge in [-0.15, -0.1) is 0 Å². The third-order valence-corrected chi connectivity index (χ3v) is 5.77. The lowest BCUT2D eigenvalue weighted by Gasteiger charge is -2.26. The second-order valence-corrected chi connectivity index (χ2v) is 7.76. The molecule has 7 heteroatoms. The van der Waals surface area contributed by atoms with Gasteiger partial charge in [-0.3, -0.25) is 9.69 Å².